The first kappa shape index (κ1) is 54.4. The highest BCUT2D eigenvalue weighted by atomic mass is 31.2. The van der Waals surface area contributed by atoms with Crippen LogP contribution in [-0.4, -0.2) is 81.4 Å². The molecule has 0 aromatic heterocycles. The molecule has 0 aromatic carbocycles. The van der Waals surface area contributed by atoms with Gasteiger partial charge in [-0.3, -0.25) is 19.4 Å². The fourth-order valence-electron chi connectivity index (χ4n) is 6.10. The highest BCUT2D eigenvalue weighted by molar-refractivity contribution is 7.45. The van der Waals surface area contributed by atoms with Gasteiger partial charge in [0.05, 0.1) is 27.7 Å². The number of hydrogen-bond acceptors (Lipinski definition) is 10. The van der Waals surface area contributed by atoms with Gasteiger partial charge in [-0.15, -0.1) is 0 Å². The van der Waals surface area contributed by atoms with Gasteiger partial charge in [-0.05, 0) is 32.1 Å². The molecule has 56 heavy (non-hydrogen) atoms. The average molecular weight is 818 g/mol. The van der Waals surface area contributed by atoms with Crippen molar-refractivity contribution in [3.63, 3.8) is 0 Å². The Balaban J connectivity index is 4.44. The Hall–Kier alpha value is -1.59. The molecule has 0 rings (SSSR count). The summed E-state index contributed by atoms with van der Waals surface area (Å²) in [6, 6.07) is 0. The van der Waals surface area contributed by atoms with E-state index in [2.05, 4.69) is 24.8 Å². The van der Waals surface area contributed by atoms with E-state index in [0.717, 1.165) is 77.0 Å². The van der Waals surface area contributed by atoms with Crippen LogP contribution in [0.25, 0.3) is 0 Å². The van der Waals surface area contributed by atoms with E-state index in [1.807, 2.05) is 39.4 Å². The maximum absolute atomic E-state index is 12.7. The number of esters is 2. The van der Waals surface area contributed by atoms with Crippen LogP contribution in [0, 0.1) is 0 Å². The van der Waals surface area contributed by atoms with Crippen molar-refractivity contribution in [2.75, 3.05) is 47.5 Å². The van der Waals surface area contributed by atoms with E-state index < -0.39 is 32.5 Å². The van der Waals surface area contributed by atoms with Crippen LogP contribution in [0.1, 0.15) is 187 Å². The van der Waals surface area contributed by atoms with Crippen molar-refractivity contribution in [3.05, 3.63) is 24.3 Å². The van der Waals surface area contributed by atoms with Gasteiger partial charge in [0.25, 0.3) is 7.82 Å². The topological polar surface area (TPSA) is 141 Å². The lowest BCUT2D eigenvalue weighted by Crippen LogP contribution is -2.37. The van der Waals surface area contributed by atoms with E-state index in [1.165, 1.54) is 77.0 Å². The Morgan fingerprint density at radius 1 is 0.661 bits per heavy atom. The fraction of sp³-hybridized carbons (Fsp3) is 0.864. The molecule has 0 fully saturated rings. The quantitative estimate of drug-likeness (QED) is 0.0121. The lowest BCUT2D eigenvalue weighted by molar-refractivity contribution is -0.870. The van der Waals surface area contributed by atoms with Crippen molar-refractivity contribution in [1.29, 1.82) is 0 Å². The monoisotopic (exact) mass is 818 g/mol. The van der Waals surface area contributed by atoms with Crippen LogP contribution in [0.3, 0.4) is 0 Å². The number of unbranched alkanes of at least 4 members (excludes halogenated alkanes) is 21. The van der Waals surface area contributed by atoms with Crippen LogP contribution < -0.4 is 4.89 Å². The lowest BCUT2D eigenvalue weighted by atomic mass is 10.0. The molecule has 0 radical (unpaired) electrons. The van der Waals surface area contributed by atoms with Gasteiger partial charge in [0.2, 0.25) is 0 Å². The highest BCUT2D eigenvalue weighted by Crippen LogP contribution is 2.38. The third-order valence-electron chi connectivity index (χ3n) is 9.70. The second kappa shape index (κ2) is 37.7. The van der Waals surface area contributed by atoms with Crippen LogP contribution in [-0.2, 0) is 37.6 Å². The van der Waals surface area contributed by atoms with Crippen molar-refractivity contribution in [3.8, 4) is 0 Å². The minimum atomic E-state index is -4.64. The summed E-state index contributed by atoms with van der Waals surface area (Å²) in [5, 5.41) is 9.03. The third-order valence-corrected chi connectivity index (χ3v) is 10.7. The van der Waals surface area contributed by atoms with Crippen molar-refractivity contribution in [2.45, 2.75) is 199 Å². The van der Waals surface area contributed by atoms with E-state index in [-0.39, 0.29) is 32.2 Å². The van der Waals surface area contributed by atoms with Crippen molar-refractivity contribution in [1.82, 2.24) is 0 Å². The summed E-state index contributed by atoms with van der Waals surface area (Å²) in [5.74, 6) is -0.889. The number of allylic oxidation sites excluding steroid dienone is 3. The highest BCUT2D eigenvalue weighted by Gasteiger charge is 2.21. The van der Waals surface area contributed by atoms with Crippen molar-refractivity contribution in [2.24, 2.45) is 0 Å². The summed E-state index contributed by atoms with van der Waals surface area (Å²) in [7, 11) is 1.11. The molecule has 0 heterocycles. The molecule has 0 saturated heterocycles. The minimum absolute atomic E-state index is 0.0457. The number of carbonyl (C=O) groups excluding carboxylic acids is 2. The van der Waals surface area contributed by atoms with E-state index in [1.54, 1.807) is 0 Å². The Morgan fingerprint density at radius 2 is 1.16 bits per heavy atom. The second-order valence-electron chi connectivity index (χ2n) is 16.3. The standard InChI is InChI=1S/C44H84NO10P/c1-6-8-10-11-12-13-14-15-16-17-18-21-24-27-31-35-43(46)51-39-42(40-53-56(49,50)52-38-37-45(3,4)5)54-44(47)36-32-28-25-22-19-20-23-26-30-34-41(55-48)33-29-9-7-2/h23,26,30,34,41-42H,6-22,24-25,27-29,31-33,35-40H2,1-5H3,(H-,48,49,50)/b26-23-,34-30+/t41?,42-/m1/s1. The normalized spacial score (nSPS) is 14.3. The molecule has 0 saturated carbocycles. The maximum Gasteiger partial charge on any atom is 0.306 e. The van der Waals surface area contributed by atoms with E-state index in [4.69, 9.17) is 23.8 Å². The van der Waals surface area contributed by atoms with Crippen LogP contribution in [0.4, 0.5) is 0 Å². The van der Waals surface area contributed by atoms with E-state index in [0.29, 0.717) is 17.4 Å². The zero-order valence-electron chi connectivity index (χ0n) is 36.4. The largest absolute Gasteiger partial charge is 0.756 e. The summed E-state index contributed by atoms with van der Waals surface area (Å²) in [6.07, 6.45) is 35.1. The second-order valence-corrected chi connectivity index (χ2v) is 17.8. The smallest absolute Gasteiger partial charge is 0.306 e. The number of hydrogen-bond donors (Lipinski definition) is 1. The summed E-state index contributed by atoms with van der Waals surface area (Å²) in [6.45, 7) is 4.04. The van der Waals surface area contributed by atoms with Crippen LogP contribution >= 0.6 is 7.82 Å². The summed E-state index contributed by atoms with van der Waals surface area (Å²) >= 11 is 0. The maximum atomic E-state index is 12.7. The van der Waals surface area contributed by atoms with Crippen molar-refractivity contribution < 1.29 is 52.2 Å². The number of quaternary nitrogens is 1. The van der Waals surface area contributed by atoms with Gasteiger partial charge in [0.15, 0.2) is 6.10 Å². The number of phosphoric ester groups is 1. The van der Waals surface area contributed by atoms with Crippen LogP contribution in [0.2, 0.25) is 0 Å². The predicted molar refractivity (Wildman–Crippen MR) is 225 cm³/mol. The third kappa shape index (κ3) is 39.2. The zero-order valence-corrected chi connectivity index (χ0v) is 37.3. The molecular weight excluding hydrogens is 733 g/mol. The van der Waals surface area contributed by atoms with Gasteiger partial charge < -0.3 is 27.9 Å². The average Bonchev–Trinajstić information content (AvgIpc) is 3.15. The van der Waals surface area contributed by atoms with Gasteiger partial charge in [-0.25, -0.2) is 4.89 Å². The first-order valence-corrected chi connectivity index (χ1v) is 23.8. The molecule has 0 aliphatic rings. The number of phosphoric acid groups is 1. The first-order valence-electron chi connectivity index (χ1n) is 22.3. The Kier molecular flexibility index (Phi) is 36.6. The van der Waals surface area contributed by atoms with Crippen LogP contribution in [0.15, 0.2) is 24.3 Å². The van der Waals surface area contributed by atoms with Gasteiger partial charge in [-0.1, -0.05) is 167 Å². The molecule has 330 valence electrons. The van der Waals surface area contributed by atoms with E-state index in [9.17, 15) is 19.0 Å². The van der Waals surface area contributed by atoms with Gasteiger partial charge >= 0.3 is 11.9 Å². The predicted octanol–water partition coefficient (Wildman–Crippen LogP) is 11.2. The van der Waals surface area contributed by atoms with Crippen LogP contribution in [0.5, 0.6) is 0 Å². The molecule has 1 N–H and O–H groups in total. The van der Waals surface area contributed by atoms with Gasteiger partial charge in [-0.2, -0.15) is 0 Å². The minimum Gasteiger partial charge on any atom is -0.756 e. The molecular formula is C44H84NO10P. The molecule has 2 unspecified atom stereocenters. The van der Waals surface area contributed by atoms with Gasteiger partial charge in [0.1, 0.15) is 25.9 Å². The molecule has 0 aliphatic carbocycles. The number of ether oxygens (including phenoxy) is 2. The number of likely N-dealkylation sites (N-methyl/N-ethyl adjacent to an activating group) is 1. The molecule has 11 nitrogen and oxygen atoms in total. The number of rotatable bonds is 41. The first-order chi connectivity index (χ1) is 26.9. The van der Waals surface area contributed by atoms with E-state index >= 15 is 0 Å². The number of nitrogens with zero attached hydrogens (tertiary/aromatic N) is 1. The summed E-state index contributed by atoms with van der Waals surface area (Å²) < 4.78 is 33.8. The summed E-state index contributed by atoms with van der Waals surface area (Å²) in [5.41, 5.74) is 0. The molecule has 0 bridgehead atoms. The SMILES string of the molecule is CCCCCCCCCCCCCCCCCC(=O)OC[C@H](COP(=O)([O-])OCC[N+](C)(C)C)OC(=O)CCCCCCC/C=C\C=C\C(CCCCC)OO. The Bertz CT molecular complexity index is 1030. The zero-order chi connectivity index (χ0) is 41.6. The Labute approximate surface area is 342 Å². The molecule has 12 heteroatoms. The summed E-state index contributed by atoms with van der Waals surface area (Å²) in [4.78, 5) is 42.1. The molecule has 0 amide bonds. The molecule has 0 aliphatic heterocycles. The fourth-order valence-corrected chi connectivity index (χ4v) is 6.83. The molecule has 0 spiro atoms. The van der Waals surface area contributed by atoms with Crippen molar-refractivity contribution >= 4 is 19.8 Å². The molecule has 3 atom stereocenters. The molecule has 0 aromatic rings. The van der Waals surface area contributed by atoms with Gasteiger partial charge in [0, 0.05) is 12.8 Å². The lowest BCUT2D eigenvalue weighted by Gasteiger charge is -2.28. The Morgan fingerprint density at radius 3 is 1.70 bits per heavy atom. The number of carbonyl (C=O) groups is 2.